The minimum absolute atomic E-state index is 0.0597. The molecule has 26 heavy (non-hydrogen) atoms. The van der Waals surface area contributed by atoms with Gasteiger partial charge >= 0.3 is 6.09 Å². The molecule has 2 rings (SSSR count). The lowest BCUT2D eigenvalue weighted by Gasteiger charge is -2.25. The van der Waals surface area contributed by atoms with Crippen LogP contribution in [0.3, 0.4) is 0 Å². The SMILES string of the molecule is N/C(=N\C(=O)OC[C@@H]1CC(O)CCO1)NC(=O)Cc1c(Cl)cccc1Cl. The predicted molar refractivity (Wildman–Crippen MR) is 96.3 cm³/mol. The molecule has 2 atom stereocenters. The molecule has 8 nitrogen and oxygen atoms in total. The van der Waals surface area contributed by atoms with E-state index < -0.39 is 30.2 Å². The molecule has 2 amide bonds. The first-order valence-electron chi connectivity index (χ1n) is 7.88. The monoisotopic (exact) mass is 403 g/mol. The molecule has 0 spiro atoms. The zero-order valence-corrected chi connectivity index (χ0v) is 15.3. The number of nitrogens with two attached hydrogens (primary N) is 1. The van der Waals surface area contributed by atoms with Gasteiger partial charge in [-0.25, -0.2) is 4.79 Å². The maximum Gasteiger partial charge on any atom is 0.436 e. The fraction of sp³-hybridized carbons (Fsp3) is 0.438. The summed E-state index contributed by atoms with van der Waals surface area (Å²) in [7, 11) is 0. The number of guanidine groups is 1. The first kappa shape index (κ1) is 20.4. The second-order valence-corrected chi connectivity index (χ2v) is 6.48. The van der Waals surface area contributed by atoms with E-state index in [-0.39, 0.29) is 13.0 Å². The molecule has 1 aliphatic heterocycles. The van der Waals surface area contributed by atoms with Gasteiger partial charge in [-0.2, -0.15) is 0 Å². The van der Waals surface area contributed by atoms with Gasteiger partial charge in [0.15, 0.2) is 0 Å². The van der Waals surface area contributed by atoms with Crippen molar-refractivity contribution < 1.29 is 24.2 Å². The molecule has 1 aromatic carbocycles. The minimum atomic E-state index is -0.970. The van der Waals surface area contributed by atoms with E-state index in [1.165, 1.54) is 0 Å². The molecular formula is C16H19Cl2N3O5. The summed E-state index contributed by atoms with van der Waals surface area (Å²) in [5.41, 5.74) is 5.96. The van der Waals surface area contributed by atoms with E-state index in [0.717, 1.165) is 0 Å². The number of nitrogens with zero attached hydrogens (tertiary/aromatic N) is 1. The van der Waals surface area contributed by atoms with Crippen molar-refractivity contribution in [2.45, 2.75) is 31.5 Å². The molecule has 1 heterocycles. The number of aliphatic imine (C=N–C) groups is 1. The number of aliphatic hydroxyl groups is 1. The lowest BCUT2D eigenvalue weighted by atomic mass is 10.1. The molecule has 1 saturated heterocycles. The Hall–Kier alpha value is -1.87. The van der Waals surface area contributed by atoms with Crippen molar-refractivity contribution in [2.24, 2.45) is 10.7 Å². The van der Waals surface area contributed by atoms with Crippen LogP contribution in [0, 0.1) is 0 Å². The lowest BCUT2D eigenvalue weighted by molar-refractivity contribution is -0.119. The van der Waals surface area contributed by atoms with Crippen LogP contribution in [0.4, 0.5) is 4.79 Å². The molecule has 0 bridgehead atoms. The van der Waals surface area contributed by atoms with Crippen molar-refractivity contribution in [1.82, 2.24) is 5.32 Å². The number of nitrogens with one attached hydrogen (secondary N) is 1. The number of aliphatic hydroxyl groups excluding tert-OH is 1. The van der Waals surface area contributed by atoms with Crippen LogP contribution in [0.25, 0.3) is 0 Å². The van der Waals surface area contributed by atoms with E-state index in [2.05, 4.69) is 10.3 Å². The van der Waals surface area contributed by atoms with Crippen molar-refractivity contribution in [3.63, 3.8) is 0 Å². The number of carbonyl (C=O) groups is 2. The number of halogens is 2. The third kappa shape index (κ3) is 6.45. The quantitative estimate of drug-likeness (QED) is 0.518. The molecule has 1 fully saturated rings. The number of hydrogen-bond acceptors (Lipinski definition) is 5. The van der Waals surface area contributed by atoms with E-state index in [1.807, 2.05) is 0 Å². The van der Waals surface area contributed by atoms with E-state index in [9.17, 15) is 14.7 Å². The van der Waals surface area contributed by atoms with E-state index in [4.69, 9.17) is 38.4 Å². The van der Waals surface area contributed by atoms with Gasteiger partial charge in [-0.05, 0) is 24.1 Å². The van der Waals surface area contributed by atoms with Gasteiger partial charge in [0.25, 0.3) is 0 Å². The summed E-state index contributed by atoms with van der Waals surface area (Å²) in [4.78, 5) is 27.0. The summed E-state index contributed by atoms with van der Waals surface area (Å²) in [5.74, 6) is -0.944. The zero-order chi connectivity index (χ0) is 19.1. The van der Waals surface area contributed by atoms with E-state index >= 15 is 0 Å². The Balaban J connectivity index is 1.81. The summed E-state index contributed by atoms with van der Waals surface area (Å²) >= 11 is 12.0. The smallest absolute Gasteiger partial charge is 0.436 e. The average molecular weight is 404 g/mol. The van der Waals surface area contributed by atoms with Crippen molar-refractivity contribution in [1.29, 1.82) is 0 Å². The molecule has 0 radical (unpaired) electrons. The standard InChI is InChI=1S/C16H19Cl2N3O5/c17-12-2-1-3-13(18)11(12)7-14(23)20-15(19)21-16(24)26-8-10-6-9(22)4-5-25-10/h1-3,9-10,22H,4-8H2,(H3,19,20,21,23,24)/t9?,10-/m0/s1. The van der Waals surface area contributed by atoms with Crippen LogP contribution in [0.15, 0.2) is 23.2 Å². The maximum atomic E-state index is 12.0. The van der Waals surface area contributed by atoms with Crippen LogP contribution in [-0.4, -0.2) is 48.5 Å². The van der Waals surface area contributed by atoms with Crippen molar-refractivity contribution in [3.05, 3.63) is 33.8 Å². The number of amides is 2. The fourth-order valence-corrected chi connectivity index (χ4v) is 2.88. The van der Waals surface area contributed by atoms with E-state index in [1.54, 1.807) is 18.2 Å². The third-order valence-corrected chi connectivity index (χ3v) is 4.32. The van der Waals surface area contributed by atoms with Crippen LogP contribution < -0.4 is 11.1 Å². The highest BCUT2D eigenvalue weighted by atomic mass is 35.5. The van der Waals surface area contributed by atoms with Gasteiger partial charge in [0.1, 0.15) is 6.61 Å². The van der Waals surface area contributed by atoms with E-state index in [0.29, 0.717) is 35.1 Å². The Morgan fingerprint density at radius 3 is 2.73 bits per heavy atom. The van der Waals surface area contributed by atoms with Gasteiger partial charge in [0.05, 0.1) is 18.6 Å². The molecule has 0 saturated carbocycles. The molecule has 0 aromatic heterocycles. The summed E-state index contributed by atoms with van der Waals surface area (Å²) in [5, 5.41) is 12.5. The van der Waals surface area contributed by atoms with Crippen molar-refractivity contribution >= 4 is 41.2 Å². The molecule has 10 heteroatoms. The molecule has 4 N–H and O–H groups in total. The molecule has 1 aromatic rings. The second-order valence-electron chi connectivity index (χ2n) is 5.67. The molecule has 1 aliphatic rings. The van der Waals surface area contributed by atoms with Gasteiger partial charge in [-0.15, -0.1) is 4.99 Å². The average Bonchev–Trinajstić information content (AvgIpc) is 2.56. The predicted octanol–water partition coefficient (Wildman–Crippen LogP) is 1.64. The highest BCUT2D eigenvalue weighted by Crippen LogP contribution is 2.24. The molecule has 142 valence electrons. The topological polar surface area (TPSA) is 123 Å². The number of rotatable bonds is 4. The largest absolute Gasteiger partial charge is 0.445 e. The van der Waals surface area contributed by atoms with Crippen LogP contribution in [-0.2, 0) is 20.7 Å². The Morgan fingerprint density at radius 1 is 1.38 bits per heavy atom. The highest BCUT2D eigenvalue weighted by Gasteiger charge is 2.22. The van der Waals surface area contributed by atoms with Crippen LogP contribution in [0.2, 0.25) is 10.0 Å². The van der Waals surface area contributed by atoms with Gasteiger partial charge in [-0.3, -0.25) is 10.1 Å². The Bertz CT molecular complexity index is 678. The van der Waals surface area contributed by atoms with Gasteiger partial charge in [0.2, 0.25) is 11.9 Å². The normalized spacial score (nSPS) is 20.5. The first-order chi connectivity index (χ1) is 12.3. The molecule has 1 unspecified atom stereocenters. The number of ether oxygens (including phenoxy) is 2. The molecular weight excluding hydrogens is 385 g/mol. The second kappa shape index (κ2) is 9.72. The van der Waals surface area contributed by atoms with Gasteiger partial charge < -0.3 is 20.3 Å². The van der Waals surface area contributed by atoms with Crippen LogP contribution in [0.1, 0.15) is 18.4 Å². The highest BCUT2D eigenvalue weighted by molar-refractivity contribution is 6.36. The minimum Gasteiger partial charge on any atom is -0.445 e. The van der Waals surface area contributed by atoms with Gasteiger partial charge in [-0.1, -0.05) is 29.3 Å². The Labute approximate surface area is 160 Å². The van der Waals surface area contributed by atoms with Crippen LogP contribution >= 0.6 is 23.2 Å². The third-order valence-electron chi connectivity index (χ3n) is 3.61. The Morgan fingerprint density at radius 2 is 2.08 bits per heavy atom. The van der Waals surface area contributed by atoms with Crippen LogP contribution in [0.5, 0.6) is 0 Å². The molecule has 0 aliphatic carbocycles. The summed E-state index contributed by atoms with van der Waals surface area (Å²) in [6.45, 7) is 0.339. The lowest BCUT2D eigenvalue weighted by Crippen LogP contribution is -2.38. The first-order valence-corrected chi connectivity index (χ1v) is 8.64. The van der Waals surface area contributed by atoms with Gasteiger partial charge in [0, 0.05) is 23.1 Å². The number of hydrogen-bond donors (Lipinski definition) is 3. The zero-order valence-electron chi connectivity index (χ0n) is 13.8. The maximum absolute atomic E-state index is 12.0. The summed E-state index contributed by atoms with van der Waals surface area (Å²) in [6.07, 6.45) is -1.04. The summed E-state index contributed by atoms with van der Waals surface area (Å²) < 4.78 is 10.2. The Kier molecular flexibility index (Phi) is 7.65. The fourth-order valence-electron chi connectivity index (χ4n) is 2.35. The van der Waals surface area contributed by atoms with Crippen molar-refractivity contribution in [3.8, 4) is 0 Å². The van der Waals surface area contributed by atoms with Crippen molar-refractivity contribution in [2.75, 3.05) is 13.2 Å². The summed E-state index contributed by atoms with van der Waals surface area (Å²) in [6, 6.07) is 4.87. The number of benzene rings is 1. The number of carbonyl (C=O) groups excluding carboxylic acids is 2.